The Labute approximate surface area is 121 Å². The van der Waals surface area contributed by atoms with Crippen molar-refractivity contribution in [1.29, 1.82) is 0 Å². The summed E-state index contributed by atoms with van der Waals surface area (Å²) in [6.45, 7) is 5.33. The standard InChI is InChI=1S/C13H24N4O2S/c1-3-17-10-13(15-11-17)20(18,19)16(2)9-6-12-4-7-14-8-5-12/h10-12,14H,3-9H2,1-2H3. The first-order valence-corrected chi connectivity index (χ1v) is 8.67. The predicted molar refractivity (Wildman–Crippen MR) is 77.9 cm³/mol. The van der Waals surface area contributed by atoms with Gasteiger partial charge in [-0.3, -0.25) is 0 Å². The maximum Gasteiger partial charge on any atom is 0.261 e. The third kappa shape index (κ3) is 3.59. The van der Waals surface area contributed by atoms with Crippen LogP contribution in [-0.2, 0) is 16.6 Å². The zero-order valence-corrected chi connectivity index (χ0v) is 13.1. The molecule has 1 aliphatic rings. The molecule has 2 rings (SSSR count). The van der Waals surface area contributed by atoms with Crippen molar-refractivity contribution >= 4 is 10.0 Å². The second kappa shape index (κ2) is 6.69. The van der Waals surface area contributed by atoms with Crippen molar-refractivity contribution in [1.82, 2.24) is 19.2 Å². The molecule has 7 heteroatoms. The number of rotatable bonds is 6. The molecule has 0 radical (unpaired) electrons. The highest BCUT2D eigenvalue weighted by atomic mass is 32.2. The van der Waals surface area contributed by atoms with Crippen molar-refractivity contribution in [3.05, 3.63) is 12.5 Å². The highest BCUT2D eigenvalue weighted by Crippen LogP contribution is 2.18. The summed E-state index contributed by atoms with van der Waals surface area (Å²) in [6, 6.07) is 0. The van der Waals surface area contributed by atoms with Crippen LogP contribution in [0.3, 0.4) is 0 Å². The summed E-state index contributed by atoms with van der Waals surface area (Å²) in [5.41, 5.74) is 0. The van der Waals surface area contributed by atoms with Crippen LogP contribution in [-0.4, -0.2) is 49.0 Å². The molecule has 0 aromatic carbocycles. The number of piperidine rings is 1. The molecule has 0 bridgehead atoms. The second-order valence-corrected chi connectivity index (χ2v) is 7.34. The molecule has 2 heterocycles. The summed E-state index contributed by atoms with van der Waals surface area (Å²) < 4.78 is 27.9. The molecule has 1 aromatic rings. The number of hydrogen-bond acceptors (Lipinski definition) is 4. The molecule has 1 aromatic heterocycles. The first kappa shape index (κ1) is 15.5. The fourth-order valence-corrected chi connectivity index (χ4v) is 3.57. The third-order valence-corrected chi connectivity index (χ3v) is 5.70. The lowest BCUT2D eigenvalue weighted by Gasteiger charge is -2.24. The SMILES string of the molecule is CCn1cnc(S(=O)(=O)N(C)CCC2CCNCC2)c1. The van der Waals surface area contributed by atoms with Gasteiger partial charge in [-0.1, -0.05) is 0 Å². The molecular weight excluding hydrogens is 276 g/mol. The van der Waals surface area contributed by atoms with Crippen molar-refractivity contribution in [2.75, 3.05) is 26.7 Å². The number of aryl methyl sites for hydroxylation is 1. The Morgan fingerprint density at radius 3 is 2.75 bits per heavy atom. The van der Waals surface area contributed by atoms with E-state index in [0.29, 0.717) is 12.5 Å². The Balaban J connectivity index is 1.94. The van der Waals surface area contributed by atoms with Crippen LogP contribution in [0.15, 0.2) is 17.6 Å². The Morgan fingerprint density at radius 1 is 1.45 bits per heavy atom. The molecule has 6 nitrogen and oxygen atoms in total. The van der Waals surface area contributed by atoms with Gasteiger partial charge in [0.15, 0.2) is 5.03 Å². The van der Waals surface area contributed by atoms with E-state index in [1.807, 2.05) is 6.92 Å². The van der Waals surface area contributed by atoms with Gasteiger partial charge in [0.25, 0.3) is 10.0 Å². The number of imidazole rings is 1. The molecule has 114 valence electrons. The van der Waals surface area contributed by atoms with Crippen molar-refractivity contribution in [3.8, 4) is 0 Å². The number of sulfonamides is 1. The van der Waals surface area contributed by atoms with Crippen molar-refractivity contribution in [3.63, 3.8) is 0 Å². The molecule has 0 saturated carbocycles. The summed E-state index contributed by atoms with van der Waals surface area (Å²) >= 11 is 0. The fraction of sp³-hybridized carbons (Fsp3) is 0.769. The zero-order chi connectivity index (χ0) is 14.6. The van der Waals surface area contributed by atoms with Crippen LogP contribution in [0.2, 0.25) is 0 Å². The van der Waals surface area contributed by atoms with E-state index >= 15 is 0 Å². The van der Waals surface area contributed by atoms with Gasteiger partial charge in [-0.05, 0) is 45.2 Å². The average molecular weight is 300 g/mol. The molecule has 0 unspecified atom stereocenters. The fourth-order valence-electron chi connectivity index (χ4n) is 2.46. The molecule has 1 N–H and O–H groups in total. The summed E-state index contributed by atoms with van der Waals surface area (Å²) in [5.74, 6) is 0.627. The summed E-state index contributed by atoms with van der Waals surface area (Å²) in [4.78, 5) is 4.00. The molecule has 20 heavy (non-hydrogen) atoms. The van der Waals surface area contributed by atoms with Crippen molar-refractivity contribution < 1.29 is 8.42 Å². The largest absolute Gasteiger partial charge is 0.336 e. The molecular formula is C13H24N4O2S. The minimum Gasteiger partial charge on any atom is -0.336 e. The van der Waals surface area contributed by atoms with Gasteiger partial charge in [0.1, 0.15) is 0 Å². The molecule has 0 atom stereocenters. The number of aromatic nitrogens is 2. The first-order chi connectivity index (χ1) is 9.54. The number of nitrogens with one attached hydrogen (secondary N) is 1. The maximum atomic E-state index is 12.4. The highest BCUT2D eigenvalue weighted by molar-refractivity contribution is 7.89. The molecule has 0 spiro atoms. The van der Waals surface area contributed by atoms with Crippen LogP contribution >= 0.6 is 0 Å². The average Bonchev–Trinajstić information content (AvgIpc) is 2.95. The van der Waals surface area contributed by atoms with Crippen LogP contribution in [0.25, 0.3) is 0 Å². The second-order valence-electron chi connectivity index (χ2n) is 5.35. The minimum absolute atomic E-state index is 0.146. The smallest absolute Gasteiger partial charge is 0.261 e. The monoisotopic (exact) mass is 300 g/mol. The van der Waals surface area contributed by atoms with Gasteiger partial charge in [-0.2, -0.15) is 4.31 Å². The molecule has 1 fully saturated rings. The summed E-state index contributed by atoms with van der Waals surface area (Å²) in [5, 5.41) is 3.47. The van der Waals surface area contributed by atoms with Gasteiger partial charge < -0.3 is 9.88 Å². The van der Waals surface area contributed by atoms with E-state index in [2.05, 4.69) is 10.3 Å². The van der Waals surface area contributed by atoms with Crippen LogP contribution in [0, 0.1) is 5.92 Å². The molecule has 1 aliphatic heterocycles. The first-order valence-electron chi connectivity index (χ1n) is 7.23. The quantitative estimate of drug-likeness (QED) is 0.848. The van der Waals surface area contributed by atoms with E-state index in [9.17, 15) is 8.42 Å². The van der Waals surface area contributed by atoms with Gasteiger partial charge in [-0.25, -0.2) is 13.4 Å². The lowest BCUT2D eigenvalue weighted by molar-refractivity contribution is 0.325. The van der Waals surface area contributed by atoms with E-state index < -0.39 is 10.0 Å². The van der Waals surface area contributed by atoms with Crippen LogP contribution in [0.4, 0.5) is 0 Å². The van der Waals surface area contributed by atoms with Gasteiger partial charge in [0, 0.05) is 26.3 Å². The van der Waals surface area contributed by atoms with E-state index in [1.54, 1.807) is 24.1 Å². The zero-order valence-electron chi connectivity index (χ0n) is 12.2. The minimum atomic E-state index is -3.44. The van der Waals surface area contributed by atoms with Gasteiger partial charge in [-0.15, -0.1) is 0 Å². The summed E-state index contributed by atoms with van der Waals surface area (Å²) in [7, 11) is -1.80. The summed E-state index contributed by atoms with van der Waals surface area (Å²) in [6.07, 6.45) is 6.35. The van der Waals surface area contributed by atoms with Gasteiger partial charge in [0.05, 0.1) is 6.33 Å². The predicted octanol–water partition coefficient (Wildman–Crippen LogP) is 0.913. The highest BCUT2D eigenvalue weighted by Gasteiger charge is 2.24. The number of hydrogen-bond donors (Lipinski definition) is 1. The maximum absolute atomic E-state index is 12.4. The van der Waals surface area contributed by atoms with E-state index in [1.165, 1.54) is 4.31 Å². The Hall–Kier alpha value is -0.920. The molecule has 0 aliphatic carbocycles. The van der Waals surface area contributed by atoms with Crippen molar-refractivity contribution in [2.45, 2.75) is 37.8 Å². The van der Waals surface area contributed by atoms with Gasteiger partial charge in [0.2, 0.25) is 0 Å². The molecule has 1 saturated heterocycles. The molecule has 0 amide bonds. The van der Waals surface area contributed by atoms with E-state index in [-0.39, 0.29) is 5.03 Å². The Kier molecular flexibility index (Phi) is 5.17. The Bertz CT molecular complexity index is 520. The van der Waals surface area contributed by atoms with E-state index in [4.69, 9.17) is 0 Å². The van der Waals surface area contributed by atoms with E-state index in [0.717, 1.165) is 38.9 Å². The third-order valence-electron chi connectivity index (χ3n) is 3.96. The lowest BCUT2D eigenvalue weighted by atomic mass is 9.95. The van der Waals surface area contributed by atoms with Crippen LogP contribution in [0.1, 0.15) is 26.2 Å². The number of nitrogens with zero attached hydrogens (tertiary/aromatic N) is 3. The Morgan fingerprint density at radius 2 is 2.15 bits per heavy atom. The topological polar surface area (TPSA) is 67.2 Å². The lowest BCUT2D eigenvalue weighted by Crippen LogP contribution is -2.32. The van der Waals surface area contributed by atoms with Crippen molar-refractivity contribution in [2.24, 2.45) is 5.92 Å². The van der Waals surface area contributed by atoms with Crippen LogP contribution in [0.5, 0.6) is 0 Å². The van der Waals surface area contributed by atoms with Crippen LogP contribution < -0.4 is 5.32 Å². The normalized spacial score (nSPS) is 17.8. The van der Waals surface area contributed by atoms with Gasteiger partial charge >= 0.3 is 0 Å².